The van der Waals surface area contributed by atoms with Crippen LogP contribution in [0.2, 0.25) is 0 Å². The average Bonchev–Trinajstić information content (AvgIpc) is 1.82. The molecule has 0 unspecified atom stereocenters. The van der Waals surface area contributed by atoms with Gasteiger partial charge in [-0.25, -0.2) is 0 Å². The van der Waals surface area contributed by atoms with E-state index in [1.165, 1.54) is 0 Å². The van der Waals surface area contributed by atoms with Gasteiger partial charge in [0, 0.05) is 0 Å². The van der Waals surface area contributed by atoms with Crippen LogP contribution in [0.25, 0.3) is 0 Å². The second-order valence-corrected chi connectivity index (χ2v) is 2.02. The molecule has 0 spiro atoms. The van der Waals surface area contributed by atoms with Crippen LogP contribution >= 0.6 is 0 Å². The molecule has 0 amide bonds. The predicted molar refractivity (Wildman–Crippen MR) is 35.1 cm³/mol. The van der Waals surface area contributed by atoms with Gasteiger partial charge in [0.1, 0.15) is 0 Å². The summed E-state index contributed by atoms with van der Waals surface area (Å²) in [5.41, 5.74) is 5.18. The summed E-state index contributed by atoms with van der Waals surface area (Å²) in [6, 6.07) is 0. The maximum absolute atomic E-state index is 10.3. The molecule has 3 nitrogen and oxygen atoms in total. The molecule has 3 N–H and O–H groups in total. The molecule has 54 valence electrons. The summed E-state index contributed by atoms with van der Waals surface area (Å²) in [4.78, 5) is 10.3. The Labute approximate surface area is 54.9 Å². The minimum atomic E-state index is -0.733. The first-order chi connectivity index (χ1) is 4.22. The Hall–Kier alpha value is -0.570. The highest BCUT2D eigenvalue weighted by Crippen LogP contribution is 2.05. The van der Waals surface area contributed by atoms with Crippen molar-refractivity contribution >= 4 is 5.97 Å². The molecule has 0 heterocycles. The van der Waals surface area contributed by atoms with E-state index in [-0.39, 0.29) is 5.92 Å². The van der Waals surface area contributed by atoms with Gasteiger partial charge in [-0.05, 0) is 19.4 Å². The van der Waals surface area contributed by atoms with Crippen LogP contribution < -0.4 is 5.73 Å². The Morgan fingerprint density at radius 2 is 2.33 bits per heavy atom. The summed E-state index contributed by atoms with van der Waals surface area (Å²) in [7, 11) is 0. The number of carbonyl (C=O) groups is 1. The van der Waals surface area contributed by atoms with Crippen LogP contribution in [-0.4, -0.2) is 17.6 Å². The fraction of sp³-hybridized carbons (Fsp3) is 0.833. The lowest BCUT2D eigenvalue weighted by Gasteiger charge is -2.05. The van der Waals surface area contributed by atoms with Crippen LogP contribution in [-0.2, 0) is 4.79 Å². The Bertz CT molecular complexity index is 93.1. The molecule has 0 aliphatic carbocycles. The molecule has 0 fully saturated rings. The van der Waals surface area contributed by atoms with Gasteiger partial charge in [0.15, 0.2) is 0 Å². The zero-order valence-corrected chi connectivity index (χ0v) is 5.63. The van der Waals surface area contributed by atoms with Gasteiger partial charge in [0.05, 0.1) is 5.92 Å². The molecule has 0 aromatic rings. The molecule has 3 heteroatoms. The fourth-order valence-electron chi connectivity index (χ4n) is 0.703. The number of carboxylic acids is 1. The lowest BCUT2D eigenvalue weighted by molar-refractivity contribution is -0.141. The van der Waals surface area contributed by atoms with Crippen LogP contribution in [0.3, 0.4) is 0 Å². The van der Waals surface area contributed by atoms with E-state index in [1.54, 1.807) is 0 Å². The predicted octanol–water partition coefficient (Wildman–Crippen LogP) is 0.446. The lowest BCUT2D eigenvalue weighted by Crippen LogP contribution is -2.16. The van der Waals surface area contributed by atoms with Crippen molar-refractivity contribution in [1.82, 2.24) is 0 Å². The molecule has 9 heavy (non-hydrogen) atoms. The minimum Gasteiger partial charge on any atom is -0.481 e. The number of carboxylic acid groups (broad SMARTS) is 1. The van der Waals surface area contributed by atoms with E-state index >= 15 is 0 Å². The van der Waals surface area contributed by atoms with Crippen molar-refractivity contribution < 1.29 is 9.90 Å². The summed E-state index contributed by atoms with van der Waals surface area (Å²) in [5.74, 6) is -0.974. The topological polar surface area (TPSA) is 63.3 Å². The molecule has 0 aromatic heterocycles. The van der Waals surface area contributed by atoms with Crippen molar-refractivity contribution in [2.45, 2.75) is 19.8 Å². The molecule has 0 aliphatic rings. The molecular formula is C6H13NO2. The SMILES string of the molecule is CC[C@@H](CCN)C(=O)O. The Kier molecular flexibility index (Phi) is 4.05. The number of hydrogen-bond donors (Lipinski definition) is 2. The number of nitrogens with two attached hydrogens (primary N) is 1. The third-order valence-corrected chi connectivity index (χ3v) is 1.36. The molecule has 0 saturated carbocycles. The van der Waals surface area contributed by atoms with E-state index in [4.69, 9.17) is 10.8 Å². The van der Waals surface area contributed by atoms with E-state index in [0.717, 1.165) is 0 Å². The zero-order chi connectivity index (χ0) is 7.28. The molecule has 0 saturated heterocycles. The van der Waals surface area contributed by atoms with Gasteiger partial charge >= 0.3 is 5.97 Å². The van der Waals surface area contributed by atoms with Crippen LogP contribution in [0, 0.1) is 5.92 Å². The monoisotopic (exact) mass is 131 g/mol. The van der Waals surface area contributed by atoms with Crippen molar-refractivity contribution in [2.24, 2.45) is 11.7 Å². The first-order valence-electron chi connectivity index (χ1n) is 3.15. The highest BCUT2D eigenvalue weighted by Gasteiger charge is 2.12. The first-order valence-corrected chi connectivity index (χ1v) is 3.15. The molecular weight excluding hydrogens is 118 g/mol. The summed E-state index contributed by atoms with van der Waals surface area (Å²) < 4.78 is 0. The normalized spacial score (nSPS) is 13.1. The van der Waals surface area contributed by atoms with Crippen LogP contribution in [0.15, 0.2) is 0 Å². The standard InChI is InChI=1S/C6H13NO2/c1-2-5(3-4-7)6(8)9/h5H,2-4,7H2,1H3,(H,8,9)/t5-/m0/s1. The second-order valence-electron chi connectivity index (χ2n) is 2.02. The number of hydrogen-bond acceptors (Lipinski definition) is 2. The third-order valence-electron chi connectivity index (χ3n) is 1.36. The van der Waals surface area contributed by atoms with Gasteiger partial charge in [-0.2, -0.15) is 0 Å². The van der Waals surface area contributed by atoms with Gasteiger partial charge in [-0.15, -0.1) is 0 Å². The van der Waals surface area contributed by atoms with Gasteiger partial charge in [0.2, 0.25) is 0 Å². The maximum Gasteiger partial charge on any atom is 0.306 e. The first kappa shape index (κ1) is 8.43. The van der Waals surface area contributed by atoms with Crippen molar-refractivity contribution in [2.75, 3.05) is 6.54 Å². The third kappa shape index (κ3) is 3.08. The van der Waals surface area contributed by atoms with E-state index < -0.39 is 5.97 Å². The van der Waals surface area contributed by atoms with E-state index in [2.05, 4.69) is 0 Å². The largest absolute Gasteiger partial charge is 0.481 e. The zero-order valence-electron chi connectivity index (χ0n) is 5.63. The van der Waals surface area contributed by atoms with E-state index in [0.29, 0.717) is 19.4 Å². The smallest absolute Gasteiger partial charge is 0.306 e. The van der Waals surface area contributed by atoms with Gasteiger partial charge < -0.3 is 10.8 Å². The summed E-state index contributed by atoms with van der Waals surface area (Å²) >= 11 is 0. The van der Waals surface area contributed by atoms with E-state index in [9.17, 15) is 4.79 Å². The quantitative estimate of drug-likeness (QED) is 0.582. The Morgan fingerprint density at radius 3 is 2.44 bits per heavy atom. The summed E-state index contributed by atoms with van der Waals surface area (Å²) in [6.45, 7) is 2.32. The van der Waals surface area contributed by atoms with Crippen molar-refractivity contribution in [3.63, 3.8) is 0 Å². The highest BCUT2D eigenvalue weighted by molar-refractivity contribution is 5.69. The van der Waals surface area contributed by atoms with Crippen LogP contribution in [0.5, 0.6) is 0 Å². The Balaban J connectivity index is 3.54. The summed E-state index contributed by atoms with van der Waals surface area (Å²) in [6.07, 6.45) is 1.26. The fourth-order valence-corrected chi connectivity index (χ4v) is 0.703. The van der Waals surface area contributed by atoms with Crippen LogP contribution in [0.1, 0.15) is 19.8 Å². The molecule has 0 aliphatic heterocycles. The molecule has 0 aromatic carbocycles. The molecule has 1 atom stereocenters. The number of aliphatic carboxylic acids is 1. The van der Waals surface area contributed by atoms with Crippen LogP contribution in [0.4, 0.5) is 0 Å². The summed E-state index contributed by atoms with van der Waals surface area (Å²) in [5, 5.41) is 8.45. The minimum absolute atomic E-state index is 0.241. The van der Waals surface area contributed by atoms with Crippen molar-refractivity contribution in [3.05, 3.63) is 0 Å². The lowest BCUT2D eigenvalue weighted by atomic mass is 10.0. The Morgan fingerprint density at radius 1 is 1.78 bits per heavy atom. The van der Waals surface area contributed by atoms with Crippen molar-refractivity contribution in [3.8, 4) is 0 Å². The van der Waals surface area contributed by atoms with Gasteiger partial charge in [-0.1, -0.05) is 6.92 Å². The molecule has 0 bridgehead atoms. The van der Waals surface area contributed by atoms with E-state index in [1.807, 2.05) is 6.92 Å². The van der Waals surface area contributed by atoms with Gasteiger partial charge in [-0.3, -0.25) is 4.79 Å². The second kappa shape index (κ2) is 4.32. The maximum atomic E-state index is 10.3. The van der Waals surface area contributed by atoms with Gasteiger partial charge in [0.25, 0.3) is 0 Å². The van der Waals surface area contributed by atoms with Crippen molar-refractivity contribution in [1.29, 1.82) is 0 Å². The molecule has 0 rings (SSSR count). The highest BCUT2D eigenvalue weighted by atomic mass is 16.4. The molecule has 0 radical (unpaired) electrons. The average molecular weight is 131 g/mol. The number of rotatable bonds is 4.